The maximum absolute atomic E-state index is 13.0. The van der Waals surface area contributed by atoms with E-state index in [0.717, 1.165) is 56.1 Å². The van der Waals surface area contributed by atoms with E-state index in [4.69, 9.17) is 14.2 Å². The van der Waals surface area contributed by atoms with E-state index in [2.05, 4.69) is 30.1 Å². The number of hydrogen-bond donors (Lipinski definition) is 0. The van der Waals surface area contributed by atoms with Crippen molar-refractivity contribution in [3.63, 3.8) is 0 Å². The van der Waals surface area contributed by atoms with Crippen LogP contribution in [0.15, 0.2) is 36.4 Å². The third kappa shape index (κ3) is 5.17. The summed E-state index contributed by atoms with van der Waals surface area (Å²) in [5.74, 6) is 2.54. The Hall–Kier alpha value is -2.73. The second-order valence-corrected chi connectivity index (χ2v) is 9.74. The summed E-state index contributed by atoms with van der Waals surface area (Å²) in [5, 5.41) is 0. The Labute approximate surface area is 203 Å². The minimum Gasteiger partial charge on any atom is -0.497 e. The smallest absolute Gasteiger partial charge is 0.227 e. The molecule has 0 saturated heterocycles. The highest BCUT2D eigenvalue weighted by atomic mass is 16.5. The number of hydrogen-bond acceptors (Lipinski definition) is 5. The molecular weight excluding hydrogens is 428 g/mol. The van der Waals surface area contributed by atoms with Crippen molar-refractivity contribution in [3.8, 4) is 17.2 Å². The first kappa shape index (κ1) is 24.4. The monoisotopic (exact) mass is 466 g/mol. The van der Waals surface area contributed by atoms with E-state index in [1.807, 2.05) is 23.1 Å². The third-order valence-corrected chi connectivity index (χ3v) is 7.58. The number of methoxy groups -OCH3 is 3. The zero-order valence-corrected chi connectivity index (χ0v) is 21.1. The number of benzene rings is 2. The standard InChI is InChI=1S/C28H38N2O4/c1-29(20-28(11-6-12-28)23-8-5-9-24(19-23)32-2)13-7-14-30-15-10-21-16-25(33-3)26(34-4)17-22(21)18-27(30)31/h5,8-9,16-17,19H,6-7,10-15,18,20H2,1-4H3. The second kappa shape index (κ2) is 10.7. The lowest BCUT2D eigenvalue weighted by molar-refractivity contribution is -0.130. The van der Waals surface area contributed by atoms with Crippen molar-refractivity contribution in [1.82, 2.24) is 9.80 Å². The molecule has 0 radical (unpaired) electrons. The van der Waals surface area contributed by atoms with Crippen molar-refractivity contribution in [1.29, 1.82) is 0 Å². The fourth-order valence-corrected chi connectivity index (χ4v) is 5.47. The van der Waals surface area contributed by atoms with Crippen molar-refractivity contribution in [2.24, 2.45) is 0 Å². The first-order valence-corrected chi connectivity index (χ1v) is 12.3. The topological polar surface area (TPSA) is 51.2 Å². The van der Waals surface area contributed by atoms with Crippen molar-refractivity contribution < 1.29 is 19.0 Å². The highest BCUT2D eigenvalue weighted by Crippen LogP contribution is 2.45. The van der Waals surface area contributed by atoms with Crippen LogP contribution >= 0.6 is 0 Å². The highest BCUT2D eigenvalue weighted by Gasteiger charge is 2.39. The minimum atomic E-state index is 0.195. The molecule has 0 N–H and O–H groups in total. The molecule has 0 spiro atoms. The average Bonchev–Trinajstić information content (AvgIpc) is 2.98. The molecule has 0 unspecified atom stereocenters. The molecule has 6 heteroatoms. The van der Waals surface area contributed by atoms with Crippen LogP contribution in [0.2, 0.25) is 0 Å². The van der Waals surface area contributed by atoms with Gasteiger partial charge in [0.1, 0.15) is 5.75 Å². The number of nitrogens with zero attached hydrogens (tertiary/aromatic N) is 2. The van der Waals surface area contributed by atoms with Gasteiger partial charge in [0.05, 0.1) is 27.8 Å². The summed E-state index contributed by atoms with van der Waals surface area (Å²) in [6, 6.07) is 12.5. The lowest BCUT2D eigenvalue weighted by Gasteiger charge is -2.45. The SMILES string of the molecule is COc1cccc(C2(CN(C)CCCN3CCc4cc(OC)c(OC)cc4CC3=O)CCC2)c1. The number of rotatable bonds is 10. The molecule has 34 heavy (non-hydrogen) atoms. The van der Waals surface area contributed by atoms with Gasteiger partial charge in [0.2, 0.25) is 5.91 Å². The predicted octanol–water partition coefficient (Wildman–Crippen LogP) is 4.08. The third-order valence-electron chi connectivity index (χ3n) is 7.58. The molecule has 1 aliphatic carbocycles. The largest absolute Gasteiger partial charge is 0.497 e. The summed E-state index contributed by atoms with van der Waals surface area (Å²) in [6.07, 6.45) is 5.96. The van der Waals surface area contributed by atoms with Gasteiger partial charge in [-0.1, -0.05) is 18.6 Å². The van der Waals surface area contributed by atoms with E-state index < -0.39 is 0 Å². The Morgan fingerprint density at radius 2 is 1.74 bits per heavy atom. The number of amides is 1. The molecule has 6 nitrogen and oxygen atoms in total. The molecule has 1 amide bonds. The van der Waals surface area contributed by atoms with Crippen molar-refractivity contribution in [2.75, 3.05) is 54.6 Å². The minimum absolute atomic E-state index is 0.195. The van der Waals surface area contributed by atoms with Gasteiger partial charge in [0.15, 0.2) is 11.5 Å². The fourth-order valence-electron chi connectivity index (χ4n) is 5.47. The Bertz CT molecular complexity index is 1000. The molecule has 1 fully saturated rings. The number of carbonyl (C=O) groups excluding carboxylic acids is 1. The summed E-state index contributed by atoms with van der Waals surface area (Å²) in [4.78, 5) is 17.4. The Morgan fingerprint density at radius 3 is 2.38 bits per heavy atom. The maximum Gasteiger partial charge on any atom is 0.227 e. The van der Waals surface area contributed by atoms with Crippen LogP contribution < -0.4 is 14.2 Å². The zero-order valence-electron chi connectivity index (χ0n) is 21.1. The zero-order chi connectivity index (χ0) is 24.1. The van der Waals surface area contributed by atoms with E-state index in [1.165, 1.54) is 30.4 Å². The van der Waals surface area contributed by atoms with Crippen LogP contribution in [0.1, 0.15) is 42.4 Å². The van der Waals surface area contributed by atoms with Gasteiger partial charge >= 0.3 is 0 Å². The Balaban J connectivity index is 1.32. The molecule has 0 atom stereocenters. The molecule has 1 saturated carbocycles. The van der Waals surface area contributed by atoms with Crippen LogP contribution in [0.25, 0.3) is 0 Å². The maximum atomic E-state index is 13.0. The number of ether oxygens (including phenoxy) is 3. The van der Waals surface area contributed by atoms with Crippen molar-refractivity contribution in [2.45, 2.75) is 43.9 Å². The van der Waals surface area contributed by atoms with Crippen LogP contribution in [0.3, 0.4) is 0 Å². The first-order valence-electron chi connectivity index (χ1n) is 12.3. The van der Waals surface area contributed by atoms with Crippen LogP contribution in [-0.4, -0.2) is 70.3 Å². The lowest BCUT2D eigenvalue weighted by Crippen LogP contribution is -2.45. The molecule has 2 aromatic carbocycles. The predicted molar refractivity (Wildman–Crippen MR) is 134 cm³/mol. The van der Waals surface area contributed by atoms with Crippen LogP contribution in [0.5, 0.6) is 17.2 Å². The van der Waals surface area contributed by atoms with Crippen molar-refractivity contribution >= 4 is 5.91 Å². The van der Waals surface area contributed by atoms with Gasteiger partial charge in [-0.2, -0.15) is 0 Å². The molecule has 2 aromatic rings. The van der Waals surface area contributed by atoms with Gasteiger partial charge in [-0.15, -0.1) is 0 Å². The van der Waals surface area contributed by atoms with E-state index in [-0.39, 0.29) is 11.3 Å². The molecular formula is C28H38N2O4. The fraction of sp³-hybridized carbons (Fsp3) is 0.536. The lowest BCUT2D eigenvalue weighted by atomic mass is 9.64. The van der Waals surface area contributed by atoms with Gasteiger partial charge in [-0.05, 0) is 80.2 Å². The quantitative estimate of drug-likeness (QED) is 0.528. The van der Waals surface area contributed by atoms with E-state index in [9.17, 15) is 4.79 Å². The van der Waals surface area contributed by atoms with Crippen LogP contribution in [0, 0.1) is 0 Å². The van der Waals surface area contributed by atoms with E-state index in [1.54, 1.807) is 21.3 Å². The molecule has 1 heterocycles. The van der Waals surface area contributed by atoms with Gasteiger partial charge < -0.3 is 24.0 Å². The van der Waals surface area contributed by atoms with Gasteiger partial charge in [-0.25, -0.2) is 0 Å². The number of likely N-dealkylation sites (N-methyl/N-ethyl adjacent to an activating group) is 1. The summed E-state index contributed by atoms with van der Waals surface area (Å²) in [5.41, 5.74) is 3.83. The molecule has 0 aromatic heterocycles. The van der Waals surface area contributed by atoms with E-state index >= 15 is 0 Å². The van der Waals surface area contributed by atoms with Gasteiger partial charge in [-0.3, -0.25) is 4.79 Å². The number of fused-ring (bicyclic) bond motifs is 1. The van der Waals surface area contributed by atoms with Crippen LogP contribution in [0.4, 0.5) is 0 Å². The second-order valence-electron chi connectivity index (χ2n) is 9.74. The molecule has 4 rings (SSSR count). The Kier molecular flexibility index (Phi) is 7.67. The summed E-state index contributed by atoms with van der Waals surface area (Å²) < 4.78 is 16.3. The van der Waals surface area contributed by atoms with E-state index in [0.29, 0.717) is 12.2 Å². The summed E-state index contributed by atoms with van der Waals surface area (Å²) in [6.45, 7) is 3.56. The number of carbonyl (C=O) groups is 1. The summed E-state index contributed by atoms with van der Waals surface area (Å²) in [7, 11) is 7.22. The molecule has 184 valence electrons. The van der Waals surface area contributed by atoms with Crippen LogP contribution in [-0.2, 0) is 23.1 Å². The van der Waals surface area contributed by atoms with Gasteiger partial charge in [0, 0.05) is 25.0 Å². The molecule has 2 aliphatic rings. The Morgan fingerprint density at radius 1 is 1.00 bits per heavy atom. The molecule has 1 aliphatic heterocycles. The van der Waals surface area contributed by atoms with Gasteiger partial charge in [0.25, 0.3) is 0 Å². The normalized spacial score (nSPS) is 17.1. The highest BCUT2D eigenvalue weighted by molar-refractivity contribution is 5.80. The summed E-state index contributed by atoms with van der Waals surface area (Å²) >= 11 is 0. The molecule has 0 bridgehead atoms. The van der Waals surface area contributed by atoms with Crippen molar-refractivity contribution in [3.05, 3.63) is 53.1 Å². The first-order chi connectivity index (χ1) is 16.5. The average molecular weight is 467 g/mol.